The molecule has 1 unspecified atom stereocenters. The first kappa shape index (κ1) is 12.5. The number of carboxylic acid groups (broad SMARTS) is 1. The van der Waals surface area contributed by atoms with Gasteiger partial charge in [-0.05, 0) is 43.0 Å². The molecule has 2 aromatic heterocycles. The van der Waals surface area contributed by atoms with Crippen LogP contribution in [0.2, 0.25) is 0 Å². The van der Waals surface area contributed by atoms with E-state index >= 15 is 0 Å². The number of rotatable bonds is 4. The molecule has 2 aromatic rings. The van der Waals surface area contributed by atoms with Crippen molar-refractivity contribution in [3.63, 3.8) is 0 Å². The van der Waals surface area contributed by atoms with Crippen molar-refractivity contribution in [2.45, 2.75) is 19.9 Å². The van der Waals surface area contributed by atoms with E-state index in [-0.39, 0.29) is 0 Å². The average Bonchev–Trinajstić information content (AvgIpc) is 2.76. The molecule has 0 aliphatic carbocycles. The molecule has 0 aliphatic rings. The molecule has 0 aromatic carbocycles. The molecule has 6 heteroatoms. The number of nitrogens with zero attached hydrogens (tertiary/aromatic N) is 2. The van der Waals surface area contributed by atoms with E-state index in [0.717, 1.165) is 16.1 Å². The largest absolute Gasteiger partial charge is 0.480 e. The summed E-state index contributed by atoms with van der Waals surface area (Å²) < 4.78 is 0. The fourth-order valence-corrected chi connectivity index (χ4v) is 2.34. The molecule has 0 spiro atoms. The normalized spacial score (nSPS) is 12.1. The molecule has 0 aliphatic heterocycles. The van der Waals surface area contributed by atoms with E-state index < -0.39 is 12.0 Å². The third-order valence-electron chi connectivity index (χ3n) is 2.49. The Morgan fingerprint density at radius 2 is 2.17 bits per heavy atom. The fraction of sp³-hybridized carbons (Fsp3) is 0.250. The third kappa shape index (κ3) is 2.65. The van der Waals surface area contributed by atoms with Crippen molar-refractivity contribution in [3.05, 3.63) is 29.1 Å². The lowest BCUT2D eigenvalue weighted by atomic mass is 10.2. The molecular formula is C12H13N3O2S. The Morgan fingerprint density at radius 3 is 2.67 bits per heavy atom. The van der Waals surface area contributed by atoms with Crippen LogP contribution in [0.5, 0.6) is 0 Å². The molecule has 2 rings (SSSR count). The molecule has 5 nitrogen and oxygen atoms in total. The average molecular weight is 263 g/mol. The Labute approximate surface area is 109 Å². The Kier molecular flexibility index (Phi) is 3.57. The number of hydrogen-bond acceptors (Lipinski definition) is 5. The van der Waals surface area contributed by atoms with E-state index in [1.54, 1.807) is 24.3 Å². The summed E-state index contributed by atoms with van der Waals surface area (Å²) in [4.78, 5) is 11.8. The minimum absolute atomic E-state index is 0.461. The number of carbonyl (C=O) groups is 1. The molecule has 0 fully saturated rings. The molecular weight excluding hydrogens is 250 g/mol. The zero-order valence-electron chi connectivity index (χ0n) is 10.0. The van der Waals surface area contributed by atoms with Crippen LogP contribution in [0.3, 0.4) is 0 Å². The van der Waals surface area contributed by atoms with Gasteiger partial charge in [0.1, 0.15) is 17.6 Å². The van der Waals surface area contributed by atoms with Gasteiger partial charge in [-0.1, -0.05) is 0 Å². The highest BCUT2D eigenvalue weighted by Gasteiger charge is 2.11. The van der Waals surface area contributed by atoms with Gasteiger partial charge in [-0.2, -0.15) is 0 Å². The SMILES string of the molecule is Cc1ccsc1-c1ccc(NC(C)C(=O)O)nn1. The maximum Gasteiger partial charge on any atom is 0.325 e. The molecule has 0 saturated carbocycles. The highest BCUT2D eigenvalue weighted by Crippen LogP contribution is 2.27. The molecule has 2 heterocycles. The van der Waals surface area contributed by atoms with Gasteiger partial charge < -0.3 is 10.4 Å². The maximum absolute atomic E-state index is 10.7. The fourth-order valence-electron chi connectivity index (χ4n) is 1.45. The van der Waals surface area contributed by atoms with Gasteiger partial charge in [-0.25, -0.2) is 0 Å². The van der Waals surface area contributed by atoms with E-state index in [2.05, 4.69) is 15.5 Å². The van der Waals surface area contributed by atoms with Crippen molar-refractivity contribution < 1.29 is 9.90 Å². The lowest BCUT2D eigenvalue weighted by Crippen LogP contribution is -2.25. The summed E-state index contributed by atoms with van der Waals surface area (Å²) in [5.41, 5.74) is 1.96. The zero-order valence-corrected chi connectivity index (χ0v) is 10.9. The first-order valence-corrected chi connectivity index (χ1v) is 6.33. The van der Waals surface area contributed by atoms with Gasteiger partial charge in [0, 0.05) is 0 Å². The number of anilines is 1. The molecule has 94 valence electrons. The zero-order chi connectivity index (χ0) is 13.1. The smallest absolute Gasteiger partial charge is 0.325 e. The van der Waals surface area contributed by atoms with Gasteiger partial charge in [-0.3, -0.25) is 4.79 Å². The second-order valence-electron chi connectivity index (χ2n) is 3.94. The lowest BCUT2D eigenvalue weighted by molar-refractivity contribution is -0.137. The van der Waals surface area contributed by atoms with Gasteiger partial charge in [0.2, 0.25) is 0 Å². The molecule has 1 atom stereocenters. The number of nitrogens with one attached hydrogen (secondary N) is 1. The minimum atomic E-state index is -0.921. The van der Waals surface area contributed by atoms with Gasteiger partial charge in [0.05, 0.1) is 4.88 Å². The van der Waals surface area contributed by atoms with Crippen LogP contribution in [0, 0.1) is 6.92 Å². The molecule has 0 saturated heterocycles. The Bertz CT molecular complexity index is 551. The summed E-state index contributed by atoms with van der Waals surface area (Å²) in [6, 6.07) is 4.91. The predicted molar refractivity (Wildman–Crippen MR) is 70.8 cm³/mol. The number of aryl methyl sites for hydroxylation is 1. The third-order valence-corrected chi connectivity index (χ3v) is 3.53. The highest BCUT2D eigenvalue weighted by molar-refractivity contribution is 7.13. The monoisotopic (exact) mass is 263 g/mol. The summed E-state index contributed by atoms with van der Waals surface area (Å²) in [6.45, 7) is 3.58. The lowest BCUT2D eigenvalue weighted by Gasteiger charge is -2.09. The van der Waals surface area contributed by atoms with E-state index in [1.807, 2.05) is 24.4 Å². The molecule has 18 heavy (non-hydrogen) atoms. The first-order valence-electron chi connectivity index (χ1n) is 5.45. The Hall–Kier alpha value is -1.95. The summed E-state index contributed by atoms with van der Waals surface area (Å²) >= 11 is 1.61. The molecule has 0 radical (unpaired) electrons. The van der Waals surface area contributed by atoms with Crippen LogP contribution in [0.15, 0.2) is 23.6 Å². The minimum Gasteiger partial charge on any atom is -0.480 e. The Balaban J connectivity index is 2.16. The Morgan fingerprint density at radius 1 is 1.39 bits per heavy atom. The number of aromatic nitrogens is 2. The van der Waals surface area contributed by atoms with Gasteiger partial charge in [0.15, 0.2) is 0 Å². The maximum atomic E-state index is 10.7. The molecule has 0 bridgehead atoms. The van der Waals surface area contributed by atoms with Crippen LogP contribution in [0.4, 0.5) is 5.82 Å². The van der Waals surface area contributed by atoms with Crippen molar-refractivity contribution in [2.24, 2.45) is 0 Å². The highest BCUT2D eigenvalue weighted by atomic mass is 32.1. The van der Waals surface area contributed by atoms with Crippen LogP contribution in [-0.4, -0.2) is 27.3 Å². The number of carboxylic acids is 1. The predicted octanol–water partition coefficient (Wildman–Crippen LogP) is 2.40. The first-order chi connectivity index (χ1) is 8.58. The summed E-state index contributed by atoms with van der Waals surface area (Å²) in [5, 5.41) is 21.6. The molecule has 2 N–H and O–H groups in total. The van der Waals surface area contributed by atoms with Gasteiger partial charge >= 0.3 is 5.97 Å². The van der Waals surface area contributed by atoms with Crippen LogP contribution in [-0.2, 0) is 4.79 Å². The number of aliphatic carboxylic acids is 1. The van der Waals surface area contributed by atoms with Crippen molar-refractivity contribution in [3.8, 4) is 10.6 Å². The van der Waals surface area contributed by atoms with Crippen LogP contribution in [0.25, 0.3) is 10.6 Å². The summed E-state index contributed by atoms with van der Waals surface area (Å²) in [5.74, 6) is -0.460. The number of thiophene rings is 1. The summed E-state index contributed by atoms with van der Waals surface area (Å²) in [6.07, 6.45) is 0. The van der Waals surface area contributed by atoms with E-state index in [1.165, 1.54) is 0 Å². The van der Waals surface area contributed by atoms with E-state index in [9.17, 15) is 4.79 Å². The topological polar surface area (TPSA) is 75.1 Å². The van der Waals surface area contributed by atoms with Crippen molar-refractivity contribution >= 4 is 23.1 Å². The van der Waals surface area contributed by atoms with Crippen molar-refractivity contribution in [1.29, 1.82) is 0 Å². The summed E-state index contributed by atoms with van der Waals surface area (Å²) in [7, 11) is 0. The van der Waals surface area contributed by atoms with Crippen molar-refractivity contribution in [1.82, 2.24) is 10.2 Å². The van der Waals surface area contributed by atoms with Gasteiger partial charge in [-0.15, -0.1) is 21.5 Å². The van der Waals surface area contributed by atoms with Crippen LogP contribution in [0.1, 0.15) is 12.5 Å². The van der Waals surface area contributed by atoms with Crippen LogP contribution < -0.4 is 5.32 Å². The quantitative estimate of drug-likeness (QED) is 0.886. The number of hydrogen-bond donors (Lipinski definition) is 2. The van der Waals surface area contributed by atoms with Crippen LogP contribution >= 0.6 is 11.3 Å². The van der Waals surface area contributed by atoms with Gasteiger partial charge in [0.25, 0.3) is 0 Å². The second kappa shape index (κ2) is 5.14. The van der Waals surface area contributed by atoms with E-state index in [4.69, 9.17) is 5.11 Å². The van der Waals surface area contributed by atoms with Crippen molar-refractivity contribution in [2.75, 3.05) is 5.32 Å². The molecule has 0 amide bonds. The standard InChI is InChI=1S/C12H13N3O2S/c1-7-5-6-18-11(7)9-3-4-10(15-14-9)13-8(2)12(16)17/h3-6,8H,1-2H3,(H,13,15)(H,16,17). The second-order valence-corrected chi connectivity index (χ2v) is 4.86. The van der Waals surface area contributed by atoms with E-state index in [0.29, 0.717) is 5.82 Å².